The molecule has 0 heterocycles. The fourth-order valence-electron chi connectivity index (χ4n) is 9.04. The first kappa shape index (κ1) is 74.8. The number of ether oxygens (including phenoxy) is 3. The number of rotatable bonds is 59. The molecule has 0 aromatic heterocycles. The quantitative estimate of drug-likeness (QED) is 0.0261. The Hall–Kier alpha value is -4.19. The summed E-state index contributed by atoms with van der Waals surface area (Å²) in [5, 5.41) is 0. The smallest absolute Gasteiger partial charge is 0.306 e. The molecule has 0 aromatic carbocycles. The first-order chi connectivity index (χ1) is 39.0. The normalized spacial score (nSPS) is 12.9. The minimum absolute atomic E-state index is 0.0922. The van der Waals surface area contributed by atoms with Crippen molar-refractivity contribution in [2.75, 3.05) is 13.2 Å². The molecule has 0 aliphatic carbocycles. The zero-order valence-electron chi connectivity index (χ0n) is 51.6. The van der Waals surface area contributed by atoms with E-state index >= 15 is 0 Å². The summed E-state index contributed by atoms with van der Waals surface area (Å²) in [5.41, 5.74) is 0. The highest BCUT2D eigenvalue weighted by molar-refractivity contribution is 5.71. The van der Waals surface area contributed by atoms with E-state index in [1.54, 1.807) is 0 Å². The topological polar surface area (TPSA) is 78.9 Å². The summed E-state index contributed by atoms with van der Waals surface area (Å²) < 4.78 is 16.9. The molecule has 6 heteroatoms. The van der Waals surface area contributed by atoms with Crippen LogP contribution in [0.1, 0.15) is 303 Å². The largest absolute Gasteiger partial charge is 0.462 e. The molecule has 79 heavy (non-hydrogen) atoms. The number of carbonyl (C=O) groups is 3. The second kappa shape index (κ2) is 66.3. The predicted octanol–water partition coefficient (Wildman–Crippen LogP) is 22.8. The van der Waals surface area contributed by atoms with E-state index in [4.69, 9.17) is 14.2 Å². The van der Waals surface area contributed by atoms with Crippen molar-refractivity contribution in [1.82, 2.24) is 0 Å². The molecule has 0 spiro atoms. The average Bonchev–Trinajstić information content (AvgIpc) is 3.45. The van der Waals surface area contributed by atoms with E-state index in [9.17, 15) is 14.4 Å². The van der Waals surface area contributed by atoms with Crippen LogP contribution in [0, 0.1) is 0 Å². The van der Waals surface area contributed by atoms with Crippen LogP contribution in [0.15, 0.2) is 122 Å². The zero-order valence-corrected chi connectivity index (χ0v) is 51.6. The summed E-state index contributed by atoms with van der Waals surface area (Å²) in [4.78, 5) is 38.4. The summed E-state index contributed by atoms with van der Waals surface area (Å²) in [7, 11) is 0. The van der Waals surface area contributed by atoms with Crippen molar-refractivity contribution in [2.45, 2.75) is 309 Å². The third-order valence-electron chi connectivity index (χ3n) is 13.9. The Morgan fingerprint density at radius 3 is 0.772 bits per heavy atom. The summed E-state index contributed by atoms with van der Waals surface area (Å²) in [6.07, 6.45) is 92.0. The van der Waals surface area contributed by atoms with Gasteiger partial charge in [0.05, 0.1) is 0 Å². The van der Waals surface area contributed by atoms with Gasteiger partial charge in [-0.25, -0.2) is 0 Å². The summed E-state index contributed by atoms with van der Waals surface area (Å²) in [5.74, 6) is -0.914. The minimum atomic E-state index is -0.796. The Balaban J connectivity index is 4.40. The lowest BCUT2D eigenvalue weighted by Crippen LogP contribution is -2.30. The average molecular weight is 1100 g/mol. The van der Waals surface area contributed by atoms with Crippen LogP contribution in [0.25, 0.3) is 0 Å². The molecule has 0 N–H and O–H groups in total. The van der Waals surface area contributed by atoms with Gasteiger partial charge in [0.25, 0.3) is 0 Å². The number of unbranched alkanes of at least 4 members (excludes halogenated alkanes) is 28. The number of carbonyl (C=O) groups excluding carboxylic acids is 3. The van der Waals surface area contributed by atoms with E-state index in [0.29, 0.717) is 19.3 Å². The highest BCUT2D eigenvalue weighted by Gasteiger charge is 2.19. The van der Waals surface area contributed by atoms with E-state index in [1.807, 2.05) is 0 Å². The SMILES string of the molecule is CC/C=C\C/C=C\C/C=C\C/C=C\C/C=C\CCCCCCCCCC(=O)OCC(COC(=O)CCCCCCC/C=C\C/C=C\C/C=C\CC)OC(=O)CCCCCCCCCCCCC/C=C\C/C=C\CCCCCCC. The predicted molar refractivity (Wildman–Crippen MR) is 343 cm³/mol. The molecule has 0 aliphatic rings. The zero-order chi connectivity index (χ0) is 57.1. The molecule has 1 atom stereocenters. The Kier molecular flexibility index (Phi) is 62.8. The Bertz CT molecular complexity index is 1640. The highest BCUT2D eigenvalue weighted by atomic mass is 16.6. The van der Waals surface area contributed by atoms with Gasteiger partial charge in [-0.2, -0.15) is 0 Å². The monoisotopic (exact) mass is 1090 g/mol. The van der Waals surface area contributed by atoms with Crippen LogP contribution in [-0.4, -0.2) is 37.2 Å². The standard InChI is InChI=1S/C73H122O6/c1-4-7-10-13-16-19-22-25-28-30-32-34-36-38-40-42-45-48-51-54-57-60-63-66-72(75)78-69-70(68-77-71(74)65-62-59-56-53-50-47-44-27-24-21-18-15-12-9-6-3)79-73(76)67-64-61-58-55-52-49-46-43-41-39-37-35-33-31-29-26-23-20-17-14-11-8-5-2/h7,9-10,12,16,18-19,21,23,25-28,31-34,38,40,44,70H,4-6,8,11,13-15,17,20,22,24,29-30,35-37,39,41-43,45-69H2,1-3H3/b10-7-,12-9-,19-16-,21-18-,26-23-,28-25-,33-31-,34-32-,40-38-,44-27-. The molecular weight excluding hydrogens is 973 g/mol. The second-order valence-corrected chi connectivity index (χ2v) is 21.6. The van der Waals surface area contributed by atoms with Crippen molar-refractivity contribution in [3.63, 3.8) is 0 Å². The van der Waals surface area contributed by atoms with Gasteiger partial charge in [-0.05, 0) is 128 Å². The number of allylic oxidation sites excluding steroid dienone is 20. The fourth-order valence-corrected chi connectivity index (χ4v) is 9.04. The van der Waals surface area contributed by atoms with Crippen LogP contribution >= 0.6 is 0 Å². The van der Waals surface area contributed by atoms with Gasteiger partial charge in [0.15, 0.2) is 6.10 Å². The fraction of sp³-hybridized carbons (Fsp3) is 0.685. The number of esters is 3. The minimum Gasteiger partial charge on any atom is -0.462 e. The van der Waals surface area contributed by atoms with E-state index in [0.717, 1.165) is 141 Å². The van der Waals surface area contributed by atoms with Crippen LogP contribution in [0.5, 0.6) is 0 Å². The van der Waals surface area contributed by atoms with Crippen molar-refractivity contribution < 1.29 is 28.6 Å². The second-order valence-electron chi connectivity index (χ2n) is 21.6. The molecular formula is C73H122O6. The van der Waals surface area contributed by atoms with Crippen molar-refractivity contribution >= 4 is 17.9 Å². The van der Waals surface area contributed by atoms with Gasteiger partial charge < -0.3 is 14.2 Å². The lowest BCUT2D eigenvalue weighted by molar-refractivity contribution is -0.167. The van der Waals surface area contributed by atoms with Gasteiger partial charge in [0, 0.05) is 19.3 Å². The summed E-state index contributed by atoms with van der Waals surface area (Å²) in [6, 6.07) is 0. The van der Waals surface area contributed by atoms with E-state index in [2.05, 4.69) is 142 Å². The van der Waals surface area contributed by atoms with Crippen molar-refractivity contribution in [1.29, 1.82) is 0 Å². The molecule has 0 rings (SSSR count). The van der Waals surface area contributed by atoms with Crippen molar-refractivity contribution in [2.24, 2.45) is 0 Å². The molecule has 6 nitrogen and oxygen atoms in total. The molecule has 0 saturated carbocycles. The van der Waals surface area contributed by atoms with E-state index in [-0.39, 0.29) is 31.1 Å². The lowest BCUT2D eigenvalue weighted by Gasteiger charge is -2.18. The first-order valence-corrected chi connectivity index (χ1v) is 33.0. The molecule has 450 valence electrons. The van der Waals surface area contributed by atoms with Crippen molar-refractivity contribution in [3.8, 4) is 0 Å². The molecule has 0 fully saturated rings. The van der Waals surface area contributed by atoms with E-state index in [1.165, 1.54) is 122 Å². The molecule has 0 amide bonds. The van der Waals surface area contributed by atoms with Crippen molar-refractivity contribution in [3.05, 3.63) is 122 Å². The van der Waals surface area contributed by atoms with Crippen LogP contribution in [0.4, 0.5) is 0 Å². The van der Waals surface area contributed by atoms with Crippen LogP contribution in [0.2, 0.25) is 0 Å². The highest BCUT2D eigenvalue weighted by Crippen LogP contribution is 2.16. The summed E-state index contributed by atoms with van der Waals surface area (Å²) >= 11 is 0. The molecule has 0 aromatic rings. The Labute approximate surface area is 488 Å². The molecule has 1 unspecified atom stereocenters. The maximum atomic E-state index is 12.9. The van der Waals surface area contributed by atoms with Gasteiger partial charge in [0.2, 0.25) is 0 Å². The van der Waals surface area contributed by atoms with Crippen LogP contribution in [-0.2, 0) is 28.6 Å². The van der Waals surface area contributed by atoms with Gasteiger partial charge in [-0.1, -0.05) is 277 Å². The maximum absolute atomic E-state index is 12.9. The molecule has 0 aliphatic heterocycles. The molecule has 0 saturated heterocycles. The summed E-state index contributed by atoms with van der Waals surface area (Å²) in [6.45, 7) is 6.40. The van der Waals surface area contributed by atoms with Gasteiger partial charge in [0.1, 0.15) is 13.2 Å². The Morgan fingerprint density at radius 2 is 0.494 bits per heavy atom. The maximum Gasteiger partial charge on any atom is 0.306 e. The van der Waals surface area contributed by atoms with Gasteiger partial charge in [-0.15, -0.1) is 0 Å². The molecule has 0 radical (unpaired) electrons. The Morgan fingerprint density at radius 1 is 0.266 bits per heavy atom. The van der Waals surface area contributed by atoms with Gasteiger partial charge in [-0.3, -0.25) is 14.4 Å². The number of hydrogen-bond donors (Lipinski definition) is 0. The van der Waals surface area contributed by atoms with Gasteiger partial charge >= 0.3 is 17.9 Å². The van der Waals surface area contributed by atoms with E-state index < -0.39 is 6.10 Å². The number of hydrogen-bond acceptors (Lipinski definition) is 6. The molecule has 0 bridgehead atoms. The first-order valence-electron chi connectivity index (χ1n) is 33.0. The third kappa shape index (κ3) is 64.5. The third-order valence-corrected chi connectivity index (χ3v) is 13.9. The van der Waals surface area contributed by atoms with Crippen LogP contribution < -0.4 is 0 Å². The lowest BCUT2D eigenvalue weighted by atomic mass is 10.0. The van der Waals surface area contributed by atoms with Crippen LogP contribution in [0.3, 0.4) is 0 Å².